The average Bonchev–Trinajstić information content (AvgIpc) is 3.12. The number of carboxylic acids is 1. The van der Waals surface area contributed by atoms with Crippen LogP contribution in [0.15, 0.2) is 62.8 Å². The van der Waals surface area contributed by atoms with Crippen molar-refractivity contribution in [2.45, 2.75) is 16.2 Å². The van der Waals surface area contributed by atoms with Gasteiger partial charge in [-0.3, -0.25) is 14.4 Å². The van der Waals surface area contributed by atoms with Gasteiger partial charge in [-0.2, -0.15) is 0 Å². The van der Waals surface area contributed by atoms with E-state index in [4.69, 9.17) is 4.74 Å². The van der Waals surface area contributed by atoms with Crippen LogP contribution in [0, 0.1) is 5.92 Å². The summed E-state index contributed by atoms with van der Waals surface area (Å²) >= 11 is 5.46. The Balaban J connectivity index is 1.87. The van der Waals surface area contributed by atoms with Crippen LogP contribution in [0.25, 0.3) is 0 Å². The molecule has 0 saturated heterocycles. The fraction of sp³-hybridized carbons (Fsp3) is 0.190. The third-order valence-corrected chi connectivity index (χ3v) is 7.93. The number of carbonyl (C=O) groups excluding carboxylic acids is 1. The van der Waals surface area contributed by atoms with E-state index in [0.717, 1.165) is 33.1 Å². The highest BCUT2D eigenvalue weighted by Crippen LogP contribution is 2.50. The maximum atomic E-state index is 13.6. The van der Waals surface area contributed by atoms with Crippen LogP contribution in [0.3, 0.4) is 0 Å². The van der Waals surface area contributed by atoms with E-state index in [1.807, 2.05) is 24.3 Å². The van der Waals surface area contributed by atoms with Crippen LogP contribution in [0.5, 0.6) is 5.75 Å². The van der Waals surface area contributed by atoms with Gasteiger partial charge in [0.2, 0.25) is 0 Å². The number of Topliss-reactive ketones (excluding diaryl/α,β-unsaturated/α-hetero) is 1. The minimum absolute atomic E-state index is 0.267. The van der Waals surface area contributed by atoms with Gasteiger partial charge in [-0.25, -0.2) is 0 Å². The van der Waals surface area contributed by atoms with Crippen molar-refractivity contribution in [3.05, 3.63) is 78.7 Å². The Hall–Kier alpha value is -2.36. The fourth-order valence-corrected chi connectivity index (χ4v) is 6.31. The number of rotatable bonds is 5. The molecule has 1 aromatic heterocycles. The standard InChI is InChI=1S/C21H16BrNO5S2/c1-28-13-8-4-11(5-9-13)16(24)15-14(10-2-6-12(22)7-3-10)17-19(23-21(27)30-17)29-18(15)20(25)26/h2-9,14-15,18H,1H3,(H,23,27)(H,25,26)/t14-,15-,18+/m0/s1. The van der Waals surface area contributed by atoms with Gasteiger partial charge in [0.05, 0.1) is 18.1 Å². The molecular weight excluding hydrogens is 490 g/mol. The van der Waals surface area contributed by atoms with Gasteiger partial charge in [-0.15, -0.1) is 0 Å². The molecule has 2 N–H and O–H groups in total. The van der Waals surface area contributed by atoms with Crippen molar-refractivity contribution in [1.82, 2.24) is 4.98 Å². The molecule has 0 spiro atoms. The summed E-state index contributed by atoms with van der Waals surface area (Å²) in [5.41, 5.74) is 1.19. The molecule has 1 aliphatic rings. The topological polar surface area (TPSA) is 96.5 Å². The van der Waals surface area contributed by atoms with Crippen LogP contribution in [-0.4, -0.2) is 34.2 Å². The largest absolute Gasteiger partial charge is 0.497 e. The van der Waals surface area contributed by atoms with Crippen molar-refractivity contribution in [3.63, 3.8) is 0 Å². The molecule has 0 fully saturated rings. The maximum absolute atomic E-state index is 13.6. The van der Waals surface area contributed by atoms with Crippen LogP contribution in [-0.2, 0) is 4.79 Å². The number of H-pyrrole nitrogens is 1. The summed E-state index contributed by atoms with van der Waals surface area (Å²) in [7, 11) is 1.54. The SMILES string of the molecule is COc1ccc(C(=O)[C@@H]2[C@H](c3ccc(Br)cc3)c3sc(=O)[nH]c3S[C@H]2C(=O)O)cc1. The van der Waals surface area contributed by atoms with E-state index in [1.54, 1.807) is 24.3 Å². The number of hydrogen-bond acceptors (Lipinski definition) is 6. The van der Waals surface area contributed by atoms with Gasteiger partial charge >= 0.3 is 10.8 Å². The van der Waals surface area contributed by atoms with Crippen LogP contribution in [0.2, 0.25) is 0 Å². The van der Waals surface area contributed by atoms with Crippen molar-refractivity contribution in [2.75, 3.05) is 7.11 Å². The smallest absolute Gasteiger partial charge is 0.317 e. The van der Waals surface area contributed by atoms with Gasteiger partial charge in [-0.1, -0.05) is 51.2 Å². The Morgan fingerprint density at radius 3 is 2.37 bits per heavy atom. The minimum atomic E-state index is -1.09. The second-order valence-electron chi connectivity index (χ2n) is 6.73. The minimum Gasteiger partial charge on any atom is -0.497 e. The first-order chi connectivity index (χ1) is 14.4. The van der Waals surface area contributed by atoms with Gasteiger partial charge in [0.1, 0.15) is 11.0 Å². The van der Waals surface area contributed by atoms with E-state index in [2.05, 4.69) is 20.9 Å². The quantitative estimate of drug-likeness (QED) is 0.499. The predicted molar refractivity (Wildman–Crippen MR) is 119 cm³/mol. The number of carboxylic acid groups (broad SMARTS) is 1. The van der Waals surface area contributed by atoms with Crippen LogP contribution >= 0.6 is 39.0 Å². The second-order valence-corrected chi connectivity index (χ2v) is 9.81. The summed E-state index contributed by atoms with van der Waals surface area (Å²) < 4.78 is 6.02. The lowest BCUT2D eigenvalue weighted by atomic mass is 9.78. The lowest BCUT2D eigenvalue weighted by Gasteiger charge is -2.34. The lowest BCUT2D eigenvalue weighted by molar-refractivity contribution is -0.137. The number of aromatic nitrogens is 1. The number of nitrogens with one attached hydrogen (secondary N) is 1. The van der Waals surface area contributed by atoms with Crippen molar-refractivity contribution >= 4 is 50.8 Å². The maximum Gasteiger partial charge on any atom is 0.317 e. The molecule has 6 nitrogen and oxygen atoms in total. The number of fused-ring (bicyclic) bond motifs is 1. The number of aromatic amines is 1. The average molecular weight is 506 g/mol. The Labute approximate surface area is 188 Å². The number of ketones is 1. The van der Waals surface area contributed by atoms with Crippen LogP contribution in [0.4, 0.5) is 0 Å². The molecule has 0 bridgehead atoms. The van der Waals surface area contributed by atoms with Gasteiger partial charge in [0.25, 0.3) is 0 Å². The first-order valence-electron chi connectivity index (χ1n) is 8.95. The highest BCUT2D eigenvalue weighted by molar-refractivity contribution is 9.10. The zero-order valence-corrected chi connectivity index (χ0v) is 18.8. The molecule has 1 aliphatic heterocycles. The van der Waals surface area contributed by atoms with Crippen molar-refractivity contribution in [2.24, 2.45) is 5.92 Å². The second kappa shape index (κ2) is 8.41. The summed E-state index contributed by atoms with van der Waals surface area (Å²) in [6, 6.07) is 14.0. The molecule has 2 aromatic carbocycles. The van der Waals surface area contributed by atoms with Gasteiger partial charge in [0.15, 0.2) is 5.78 Å². The van der Waals surface area contributed by atoms with Crippen LogP contribution < -0.4 is 9.61 Å². The Morgan fingerprint density at radius 2 is 1.77 bits per heavy atom. The molecular formula is C21H16BrNO5S2. The van der Waals surface area contributed by atoms with E-state index >= 15 is 0 Å². The molecule has 0 unspecified atom stereocenters. The third-order valence-electron chi connectivity index (χ3n) is 5.00. The number of aliphatic carboxylic acids is 1. The number of thiazole rings is 1. The Morgan fingerprint density at radius 1 is 1.10 bits per heavy atom. The summed E-state index contributed by atoms with van der Waals surface area (Å²) in [5, 5.41) is 9.42. The van der Waals surface area contributed by atoms with Gasteiger partial charge in [0, 0.05) is 20.8 Å². The van der Waals surface area contributed by atoms with Crippen LogP contribution in [0.1, 0.15) is 26.7 Å². The normalized spacial score (nSPS) is 20.4. The Kier molecular flexibility index (Phi) is 5.86. The first-order valence-corrected chi connectivity index (χ1v) is 11.4. The molecule has 0 amide bonds. The first kappa shape index (κ1) is 20.9. The summed E-state index contributed by atoms with van der Waals surface area (Å²) in [6.45, 7) is 0. The number of benzene rings is 2. The molecule has 9 heteroatoms. The number of carbonyl (C=O) groups is 2. The molecule has 154 valence electrons. The molecule has 0 radical (unpaired) electrons. The van der Waals surface area contributed by atoms with E-state index in [-0.39, 0.29) is 10.7 Å². The monoisotopic (exact) mass is 505 g/mol. The lowest BCUT2D eigenvalue weighted by Crippen LogP contribution is -2.39. The highest BCUT2D eigenvalue weighted by atomic mass is 79.9. The number of thioether (sulfide) groups is 1. The Bertz CT molecular complexity index is 1150. The number of hydrogen-bond donors (Lipinski definition) is 2. The molecule has 30 heavy (non-hydrogen) atoms. The molecule has 0 saturated carbocycles. The van der Waals surface area contributed by atoms with Gasteiger partial charge < -0.3 is 14.8 Å². The third kappa shape index (κ3) is 3.84. The van der Waals surface area contributed by atoms with Crippen molar-refractivity contribution < 1.29 is 19.4 Å². The zero-order chi connectivity index (χ0) is 21.4. The van der Waals surface area contributed by atoms with E-state index in [1.165, 1.54) is 7.11 Å². The highest BCUT2D eigenvalue weighted by Gasteiger charge is 2.47. The van der Waals surface area contributed by atoms with E-state index in [9.17, 15) is 19.5 Å². The summed E-state index contributed by atoms with van der Waals surface area (Å²) in [6.07, 6.45) is 0. The van der Waals surface area contributed by atoms with Crippen molar-refractivity contribution in [1.29, 1.82) is 0 Å². The fourth-order valence-electron chi connectivity index (χ4n) is 3.63. The zero-order valence-electron chi connectivity index (χ0n) is 15.6. The molecule has 3 aromatic rings. The summed E-state index contributed by atoms with van der Waals surface area (Å²) in [5.74, 6) is -2.19. The van der Waals surface area contributed by atoms with E-state index < -0.39 is 23.1 Å². The molecule has 0 aliphatic carbocycles. The number of halogens is 1. The predicted octanol–water partition coefficient (Wildman–Crippen LogP) is 4.40. The van der Waals surface area contributed by atoms with Gasteiger partial charge in [-0.05, 0) is 42.0 Å². The summed E-state index contributed by atoms with van der Waals surface area (Å²) in [4.78, 5) is 41.0. The number of ether oxygens (including phenoxy) is 1. The molecule has 2 heterocycles. The number of methoxy groups -OCH3 is 1. The van der Waals surface area contributed by atoms with E-state index in [0.29, 0.717) is 21.2 Å². The molecule has 3 atom stereocenters. The molecule has 4 rings (SSSR count). The van der Waals surface area contributed by atoms with Crippen molar-refractivity contribution in [3.8, 4) is 5.75 Å².